The van der Waals surface area contributed by atoms with Crippen LogP contribution in [0.3, 0.4) is 0 Å². The van der Waals surface area contributed by atoms with E-state index in [0.29, 0.717) is 0 Å². The molecule has 0 fully saturated rings. The van der Waals surface area contributed by atoms with E-state index in [9.17, 15) is 24.0 Å². The van der Waals surface area contributed by atoms with E-state index in [4.69, 9.17) is 0 Å². The first-order chi connectivity index (χ1) is 10.3. The number of aryl methyl sites for hydroxylation is 2. The summed E-state index contributed by atoms with van der Waals surface area (Å²) >= 11 is 0. The fourth-order valence-electron chi connectivity index (χ4n) is 2.09. The van der Waals surface area contributed by atoms with Gasteiger partial charge in [-0.1, -0.05) is 6.07 Å². The van der Waals surface area contributed by atoms with Crippen LogP contribution in [0.2, 0.25) is 0 Å². The number of aliphatic hydroxyl groups excluding tert-OH is 1. The molecule has 2 aromatic rings. The molecule has 9 heteroatoms. The minimum absolute atomic E-state index is 0.120. The second-order valence-electron chi connectivity index (χ2n) is 4.73. The second kappa shape index (κ2) is 6.06. The smallest absolute Gasteiger partial charge is 0.333 e. The lowest BCUT2D eigenvalue weighted by Crippen LogP contribution is -2.15. The molecule has 0 unspecified atom stereocenters. The van der Waals surface area contributed by atoms with Crippen molar-refractivity contribution in [1.82, 2.24) is 9.78 Å². The molecule has 0 saturated heterocycles. The summed E-state index contributed by atoms with van der Waals surface area (Å²) < 4.78 is 27.3. The topological polar surface area (TPSA) is 93.2 Å². The van der Waals surface area contributed by atoms with Gasteiger partial charge in [0.25, 0.3) is 0 Å². The van der Waals surface area contributed by atoms with Crippen LogP contribution in [0.5, 0.6) is 0 Å². The average molecular weight is 312 g/mol. The van der Waals surface area contributed by atoms with E-state index < -0.39 is 22.7 Å². The molecule has 1 atom stereocenters. The van der Waals surface area contributed by atoms with E-state index in [1.165, 1.54) is 24.7 Å². The van der Waals surface area contributed by atoms with Gasteiger partial charge in [0.15, 0.2) is 11.6 Å². The fraction of sp³-hybridized carbons (Fsp3) is 0.308. The van der Waals surface area contributed by atoms with Crippen LogP contribution < -0.4 is 5.32 Å². The predicted molar refractivity (Wildman–Crippen MR) is 74.4 cm³/mol. The number of benzene rings is 1. The van der Waals surface area contributed by atoms with Crippen LogP contribution in [0.25, 0.3) is 0 Å². The Bertz CT molecular complexity index is 718. The summed E-state index contributed by atoms with van der Waals surface area (Å²) in [7, 11) is 1.52. The summed E-state index contributed by atoms with van der Waals surface area (Å²) in [6.45, 7) is 1.37. The zero-order valence-corrected chi connectivity index (χ0v) is 11.9. The molecule has 1 aromatic heterocycles. The van der Waals surface area contributed by atoms with Gasteiger partial charge in [0, 0.05) is 13.6 Å². The molecule has 7 nitrogen and oxygen atoms in total. The zero-order valence-electron chi connectivity index (χ0n) is 11.9. The Hall–Kier alpha value is -2.55. The molecule has 118 valence electrons. The van der Waals surface area contributed by atoms with Crippen LogP contribution in [-0.2, 0) is 7.05 Å². The predicted octanol–water partition coefficient (Wildman–Crippen LogP) is 2.06. The van der Waals surface area contributed by atoms with E-state index in [-0.39, 0.29) is 29.3 Å². The number of hydrogen-bond donors (Lipinski definition) is 2. The lowest BCUT2D eigenvalue weighted by atomic mass is 10.1. The van der Waals surface area contributed by atoms with Crippen molar-refractivity contribution >= 4 is 11.5 Å². The number of hydrogen-bond acceptors (Lipinski definition) is 5. The zero-order chi connectivity index (χ0) is 16.4. The fourth-order valence-corrected chi connectivity index (χ4v) is 2.09. The molecule has 0 radical (unpaired) electrons. The van der Waals surface area contributed by atoms with Crippen molar-refractivity contribution < 1.29 is 18.8 Å². The van der Waals surface area contributed by atoms with Crippen LogP contribution >= 0.6 is 0 Å². The first-order valence-electron chi connectivity index (χ1n) is 6.36. The molecule has 1 aromatic carbocycles. The molecule has 0 bridgehead atoms. The summed E-state index contributed by atoms with van der Waals surface area (Å²) in [4.78, 5) is 10.4. The highest BCUT2D eigenvalue weighted by molar-refractivity contribution is 5.59. The maximum atomic E-state index is 13.1. The lowest BCUT2D eigenvalue weighted by molar-refractivity contribution is -0.384. The van der Waals surface area contributed by atoms with Gasteiger partial charge in [-0.05, 0) is 24.6 Å². The van der Waals surface area contributed by atoms with Gasteiger partial charge in [-0.3, -0.25) is 10.1 Å². The molecule has 0 aliphatic carbocycles. The number of aromatic nitrogens is 2. The molecule has 0 saturated carbocycles. The second-order valence-corrected chi connectivity index (χ2v) is 4.73. The summed E-state index contributed by atoms with van der Waals surface area (Å²) in [5.74, 6) is -1.95. The SMILES string of the molecule is Cc1nn(C)c(NC[C@H](O)c2ccc(F)c(F)c2)c1[N+](=O)[O-]. The molecular formula is C13H14F2N4O3. The molecule has 0 amide bonds. The molecule has 0 spiro atoms. The Kier molecular flexibility index (Phi) is 4.36. The van der Waals surface area contributed by atoms with E-state index in [1.807, 2.05) is 0 Å². The van der Waals surface area contributed by atoms with Gasteiger partial charge in [-0.25, -0.2) is 13.5 Å². The third-order valence-electron chi connectivity index (χ3n) is 3.16. The van der Waals surface area contributed by atoms with Crippen molar-refractivity contribution in [3.63, 3.8) is 0 Å². The van der Waals surface area contributed by atoms with Gasteiger partial charge < -0.3 is 10.4 Å². The highest BCUT2D eigenvalue weighted by Gasteiger charge is 2.24. The average Bonchev–Trinajstić information content (AvgIpc) is 2.73. The number of nitrogens with one attached hydrogen (secondary N) is 1. The lowest BCUT2D eigenvalue weighted by Gasteiger charge is -2.13. The minimum Gasteiger partial charge on any atom is -0.387 e. The number of halogens is 2. The van der Waals surface area contributed by atoms with Crippen LogP contribution in [0.15, 0.2) is 18.2 Å². The quantitative estimate of drug-likeness (QED) is 0.651. The van der Waals surface area contributed by atoms with Crippen molar-refractivity contribution in [2.45, 2.75) is 13.0 Å². The summed E-state index contributed by atoms with van der Waals surface area (Å²) in [5.41, 5.74) is 0.199. The maximum Gasteiger partial charge on any atom is 0.333 e. The van der Waals surface area contributed by atoms with E-state index in [0.717, 1.165) is 12.1 Å². The van der Waals surface area contributed by atoms with Gasteiger partial charge in [0.05, 0.1) is 11.0 Å². The maximum absolute atomic E-state index is 13.1. The molecule has 0 aliphatic heterocycles. The third kappa shape index (κ3) is 3.03. The first kappa shape index (κ1) is 15.8. The molecule has 22 heavy (non-hydrogen) atoms. The number of aliphatic hydroxyl groups is 1. The Balaban J connectivity index is 2.16. The number of rotatable bonds is 5. The Morgan fingerprint density at radius 1 is 1.45 bits per heavy atom. The monoisotopic (exact) mass is 312 g/mol. The molecule has 2 N–H and O–H groups in total. The van der Waals surface area contributed by atoms with Crippen LogP contribution in [-0.4, -0.2) is 26.4 Å². The highest BCUT2D eigenvalue weighted by Crippen LogP contribution is 2.28. The number of nitrogens with zero attached hydrogens (tertiary/aromatic N) is 3. The van der Waals surface area contributed by atoms with Crippen molar-refractivity contribution in [1.29, 1.82) is 0 Å². The number of nitro groups is 1. The van der Waals surface area contributed by atoms with E-state index in [1.54, 1.807) is 0 Å². The number of anilines is 1. The van der Waals surface area contributed by atoms with Gasteiger partial charge in [0.2, 0.25) is 5.82 Å². The van der Waals surface area contributed by atoms with Crippen molar-refractivity contribution in [3.8, 4) is 0 Å². The standard InChI is InChI=1S/C13H14F2N4O3/c1-7-12(19(21)22)13(18(2)17-7)16-6-11(20)8-3-4-9(14)10(15)5-8/h3-5,11,16,20H,6H2,1-2H3/t11-/m0/s1. The minimum atomic E-state index is -1.16. The van der Waals surface area contributed by atoms with Gasteiger partial charge in [0.1, 0.15) is 5.69 Å². The van der Waals surface area contributed by atoms with Crippen molar-refractivity contribution in [2.75, 3.05) is 11.9 Å². The van der Waals surface area contributed by atoms with E-state index >= 15 is 0 Å². The van der Waals surface area contributed by atoms with Crippen molar-refractivity contribution in [3.05, 3.63) is 51.2 Å². The Labute approximate surface area is 124 Å². The first-order valence-corrected chi connectivity index (χ1v) is 6.36. The normalized spacial score (nSPS) is 12.2. The largest absolute Gasteiger partial charge is 0.387 e. The molecular weight excluding hydrogens is 298 g/mol. The molecule has 1 heterocycles. The summed E-state index contributed by atoms with van der Waals surface area (Å²) in [6.07, 6.45) is -1.16. The molecule has 2 rings (SSSR count). The van der Waals surface area contributed by atoms with Crippen LogP contribution in [0.4, 0.5) is 20.3 Å². The van der Waals surface area contributed by atoms with E-state index in [2.05, 4.69) is 10.4 Å². The van der Waals surface area contributed by atoms with Crippen molar-refractivity contribution in [2.24, 2.45) is 7.05 Å². The van der Waals surface area contributed by atoms with Gasteiger partial charge in [-0.2, -0.15) is 5.10 Å². The van der Waals surface area contributed by atoms with Gasteiger partial charge >= 0.3 is 5.69 Å². The third-order valence-corrected chi connectivity index (χ3v) is 3.16. The summed E-state index contributed by atoms with van der Waals surface area (Å²) in [6, 6.07) is 3.03. The van der Waals surface area contributed by atoms with Gasteiger partial charge in [-0.15, -0.1) is 0 Å². The Morgan fingerprint density at radius 2 is 2.14 bits per heavy atom. The van der Waals surface area contributed by atoms with Crippen LogP contribution in [0, 0.1) is 28.7 Å². The highest BCUT2D eigenvalue weighted by atomic mass is 19.2. The molecule has 0 aliphatic rings. The summed E-state index contributed by atoms with van der Waals surface area (Å²) in [5, 5.41) is 27.6. The van der Waals surface area contributed by atoms with Crippen LogP contribution in [0.1, 0.15) is 17.4 Å². The Morgan fingerprint density at radius 3 is 2.73 bits per heavy atom.